The third-order valence-electron chi connectivity index (χ3n) is 3.36. The number of benzene rings is 3. The van der Waals surface area contributed by atoms with Gasteiger partial charge < -0.3 is 10.1 Å². The lowest BCUT2D eigenvalue weighted by Gasteiger charge is -2.11. The van der Waals surface area contributed by atoms with Crippen LogP contribution < -0.4 is 10.1 Å². The summed E-state index contributed by atoms with van der Waals surface area (Å²) in [7, 11) is 0. The van der Waals surface area contributed by atoms with E-state index in [4.69, 9.17) is 4.74 Å². The fraction of sp³-hybridized carbons (Fsp3) is 0.111. The third-order valence-corrected chi connectivity index (χ3v) is 3.36. The van der Waals surface area contributed by atoms with Gasteiger partial charge in [-0.3, -0.25) is 0 Å². The van der Waals surface area contributed by atoms with Crippen molar-refractivity contribution in [2.24, 2.45) is 0 Å². The van der Waals surface area contributed by atoms with E-state index in [-0.39, 0.29) is 0 Å². The van der Waals surface area contributed by atoms with Gasteiger partial charge in [0.05, 0.1) is 0 Å². The van der Waals surface area contributed by atoms with Gasteiger partial charge in [0.2, 0.25) is 0 Å². The van der Waals surface area contributed by atoms with Gasteiger partial charge in [0.15, 0.2) is 11.6 Å². The molecule has 4 heteroatoms. The van der Waals surface area contributed by atoms with Crippen LogP contribution in [0.4, 0.5) is 14.5 Å². The minimum Gasteiger partial charge on any atom is -0.491 e. The van der Waals surface area contributed by atoms with Gasteiger partial charge in [-0.25, -0.2) is 8.78 Å². The Hall–Kier alpha value is -2.62. The SMILES string of the molecule is Fc1ccc(NCCOc2cccc3ccccc23)cc1F. The van der Waals surface area contributed by atoms with Crippen LogP contribution in [0.2, 0.25) is 0 Å². The first-order valence-corrected chi connectivity index (χ1v) is 7.03. The van der Waals surface area contributed by atoms with Gasteiger partial charge in [0.1, 0.15) is 12.4 Å². The number of ether oxygens (including phenoxy) is 1. The van der Waals surface area contributed by atoms with Crippen LogP contribution in [0, 0.1) is 11.6 Å². The maximum Gasteiger partial charge on any atom is 0.160 e. The van der Waals surface area contributed by atoms with E-state index in [0.29, 0.717) is 18.8 Å². The normalized spacial score (nSPS) is 10.6. The summed E-state index contributed by atoms with van der Waals surface area (Å²) in [5, 5.41) is 5.17. The number of rotatable bonds is 5. The molecule has 0 unspecified atom stereocenters. The second kappa shape index (κ2) is 6.43. The zero-order chi connectivity index (χ0) is 15.4. The largest absolute Gasteiger partial charge is 0.491 e. The summed E-state index contributed by atoms with van der Waals surface area (Å²) < 4.78 is 31.7. The molecule has 0 amide bonds. The molecule has 0 aliphatic heterocycles. The Balaban J connectivity index is 1.59. The maximum atomic E-state index is 13.1. The van der Waals surface area contributed by atoms with Gasteiger partial charge in [0, 0.05) is 23.7 Å². The van der Waals surface area contributed by atoms with E-state index in [1.165, 1.54) is 6.07 Å². The van der Waals surface area contributed by atoms with Crippen molar-refractivity contribution in [2.75, 3.05) is 18.5 Å². The van der Waals surface area contributed by atoms with Crippen LogP contribution in [0.1, 0.15) is 0 Å². The molecule has 0 saturated carbocycles. The predicted octanol–water partition coefficient (Wildman–Crippen LogP) is 4.61. The highest BCUT2D eigenvalue weighted by molar-refractivity contribution is 5.88. The van der Waals surface area contributed by atoms with Crippen molar-refractivity contribution in [3.63, 3.8) is 0 Å². The molecule has 0 fully saturated rings. The van der Waals surface area contributed by atoms with E-state index < -0.39 is 11.6 Å². The van der Waals surface area contributed by atoms with E-state index in [2.05, 4.69) is 5.32 Å². The molecule has 0 atom stereocenters. The average Bonchev–Trinajstić information content (AvgIpc) is 2.55. The number of halogens is 2. The van der Waals surface area contributed by atoms with Crippen molar-refractivity contribution >= 4 is 16.5 Å². The standard InChI is InChI=1S/C18H15F2NO/c19-16-9-8-14(12-17(16)20)21-10-11-22-18-7-3-5-13-4-1-2-6-15(13)18/h1-9,12,21H,10-11H2. The number of hydrogen-bond acceptors (Lipinski definition) is 2. The van der Waals surface area contributed by atoms with Crippen molar-refractivity contribution in [3.8, 4) is 5.75 Å². The summed E-state index contributed by atoms with van der Waals surface area (Å²) in [6, 6.07) is 17.6. The molecule has 2 nitrogen and oxygen atoms in total. The second-order valence-electron chi connectivity index (χ2n) is 4.88. The van der Waals surface area contributed by atoms with E-state index >= 15 is 0 Å². The van der Waals surface area contributed by atoms with Crippen molar-refractivity contribution in [1.29, 1.82) is 0 Å². The Morgan fingerprint density at radius 1 is 0.864 bits per heavy atom. The highest BCUT2D eigenvalue weighted by Crippen LogP contribution is 2.25. The number of hydrogen-bond donors (Lipinski definition) is 1. The zero-order valence-corrected chi connectivity index (χ0v) is 11.9. The Bertz CT molecular complexity index is 784. The summed E-state index contributed by atoms with van der Waals surface area (Å²) in [6.07, 6.45) is 0. The molecule has 0 aliphatic rings. The van der Waals surface area contributed by atoms with E-state index in [9.17, 15) is 8.78 Å². The molecule has 3 aromatic rings. The molecule has 0 aromatic heterocycles. The first-order valence-electron chi connectivity index (χ1n) is 7.03. The van der Waals surface area contributed by atoms with Crippen LogP contribution in [0.5, 0.6) is 5.75 Å². The minimum absolute atomic E-state index is 0.424. The lowest BCUT2D eigenvalue weighted by molar-refractivity contribution is 0.337. The van der Waals surface area contributed by atoms with Gasteiger partial charge in [0.25, 0.3) is 0 Å². The van der Waals surface area contributed by atoms with E-state index in [0.717, 1.165) is 28.7 Å². The molecule has 0 radical (unpaired) electrons. The van der Waals surface area contributed by atoms with Crippen LogP contribution in [-0.4, -0.2) is 13.2 Å². The number of nitrogens with one attached hydrogen (secondary N) is 1. The Morgan fingerprint density at radius 2 is 1.68 bits per heavy atom. The topological polar surface area (TPSA) is 21.3 Å². The van der Waals surface area contributed by atoms with E-state index in [1.807, 2.05) is 42.5 Å². The fourth-order valence-corrected chi connectivity index (χ4v) is 2.28. The molecule has 0 saturated heterocycles. The summed E-state index contributed by atoms with van der Waals surface area (Å²) in [5.41, 5.74) is 0.528. The van der Waals surface area contributed by atoms with Gasteiger partial charge in [-0.05, 0) is 23.6 Å². The molecule has 1 N–H and O–H groups in total. The van der Waals surface area contributed by atoms with Crippen LogP contribution in [0.3, 0.4) is 0 Å². The van der Waals surface area contributed by atoms with Crippen molar-refractivity contribution in [1.82, 2.24) is 0 Å². The predicted molar refractivity (Wildman–Crippen MR) is 84.3 cm³/mol. The molecule has 3 rings (SSSR count). The molecule has 3 aromatic carbocycles. The molecule has 22 heavy (non-hydrogen) atoms. The molecule has 112 valence electrons. The first kappa shape index (κ1) is 14.3. The smallest absolute Gasteiger partial charge is 0.160 e. The fourth-order valence-electron chi connectivity index (χ4n) is 2.28. The van der Waals surface area contributed by atoms with Crippen LogP contribution in [-0.2, 0) is 0 Å². The van der Waals surface area contributed by atoms with E-state index in [1.54, 1.807) is 0 Å². The summed E-state index contributed by atoms with van der Waals surface area (Å²) in [6.45, 7) is 0.918. The molecule has 0 aliphatic carbocycles. The van der Waals surface area contributed by atoms with Crippen molar-refractivity contribution in [3.05, 3.63) is 72.3 Å². The molecular formula is C18H15F2NO. The van der Waals surface area contributed by atoms with Gasteiger partial charge >= 0.3 is 0 Å². The molecular weight excluding hydrogens is 284 g/mol. The minimum atomic E-state index is -0.861. The lowest BCUT2D eigenvalue weighted by atomic mass is 10.1. The average molecular weight is 299 g/mol. The third kappa shape index (κ3) is 3.17. The highest BCUT2D eigenvalue weighted by atomic mass is 19.2. The van der Waals surface area contributed by atoms with Crippen LogP contribution >= 0.6 is 0 Å². The number of fused-ring (bicyclic) bond motifs is 1. The highest BCUT2D eigenvalue weighted by Gasteiger charge is 2.03. The summed E-state index contributed by atoms with van der Waals surface area (Å²) in [4.78, 5) is 0. The summed E-state index contributed by atoms with van der Waals surface area (Å²) in [5.74, 6) is -0.900. The molecule has 0 spiro atoms. The van der Waals surface area contributed by atoms with Gasteiger partial charge in [-0.15, -0.1) is 0 Å². The Morgan fingerprint density at radius 3 is 2.55 bits per heavy atom. The van der Waals surface area contributed by atoms with Gasteiger partial charge in [-0.2, -0.15) is 0 Å². The van der Waals surface area contributed by atoms with Crippen LogP contribution in [0.15, 0.2) is 60.7 Å². The Labute approximate surface area is 127 Å². The summed E-state index contributed by atoms with van der Waals surface area (Å²) >= 11 is 0. The van der Waals surface area contributed by atoms with Crippen molar-refractivity contribution < 1.29 is 13.5 Å². The monoisotopic (exact) mass is 299 g/mol. The lowest BCUT2D eigenvalue weighted by Crippen LogP contribution is -2.11. The second-order valence-corrected chi connectivity index (χ2v) is 4.88. The zero-order valence-electron chi connectivity index (χ0n) is 11.9. The van der Waals surface area contributed by atoms with Crippen molar-refractivity contribution in [2.45, 2.75) is 0 Å². The maximum absolute atomic E-state index is 13.1. The van der Waals surface area contributed by atoms with Gasteiger partial charge in [-0.1, -0.05) is 36.4 Å². The van der Waals surface area contributed by atoms with Crippen LogP contribution in [0.25, 0.3) is 10.8 Å². The first-order chi connectivity index (χ1) is 10.7. The molecule has 0 heterocycles. The quantitative estimate of drug-likeness (QED) is 0.695. The number of anilines is 1. The molecule has 0 bridgehead atoms. The Kier molecular flexibility index (Phi) is 4.19.